The summed E-state index contributed by atoms with van der Waals surface area (Å²) in [4.78, 5) is 31.3. The van der Waals surface area contributed by atoms with E-state index in [4.69, 9.17) is 0 Å². The van der Waals surface area contributed by atoms with Crippen molar-refractivity contribution in [1.29, 1.82) is 5.26 Å². The number of benzene rings is 2. The van der Waals surface area contributed by atoms with Gasteiger partial charge in [0.15, 0.2) is 5.16 Å². The Labute approximate surface area is 160 Å². The van der Waals surface area contributed by atoms with E-state index in [1.807, 2.05) is 43.3 Å². The zero-order valence-electron chi connectivity index (χ0n) is 14.5. The second-order valence-electron chi connectivity index (χ2n) is 5.78. The summed E-state index contributed by atoms with van der Waals surface area (Å²) in [7, 11) is 0. The lowest BCUT2D eigenvalue weighted by atomic mass is 10.1. The van der Waals surface area contributed by atoms with E-state index in [0.29, 0.717) is 16.9 Å². The van der Waals surface area contributed by atoms with Gasteiger partial charge in [0.05, 0.1) is 11.4 Å². The Morgan fingerprint density at radius 2 is 1.89 bits per heavy atom. The van der Waals surface area contributed by atoms with E-state index in [-0.39, 0.29) is 22.4 Å². The van der Waals surface area contributed by atoms with E-state index in [1.54, 1.807) is 24.3 Å². The van der Waals surface area contributed by atoms with Crippen molar-refractivity contribution in [3.63, 3.8) is 0 Å². The van der Waals surface area contributed by atoms with Crippen LogP contribution < -0.4 is 10.9 Å². The van der Waals surface area contributed by atoms with E-state index in [0.717, 1.165) is 17.3 Å². The van der Waals surface area contributed by atoms with Gasteiger partial charge in [-0.3, -0.25) is 9.59 Å². The van der Waals surface area contributed by atoms with Gasteiger partial charge in [-0.2, -0.15) is 5.26 Å². The third-order valence-corrected chi connectivity index (χ3v) is 4.61. The number of nitrogens with zero attached hydrogens (tertiary/aromatic N) is 2. The van der Waals surface area contributed by atoms with Crippen molar-refractivity contribution >= 4 is 23.4 Å². The summed E-state index contributed by atoms with van der Waals surface area (Å²) in [5.74, 6) is -0.131. The monoisotopic (exact) mass is 376 g/mol. The van der Waals surface area contributed by atoms with Crippen molar-refractivity contribution in [3.05, 3.63) is 76.1 Å². The number of carbonyl (C=O) groups is 1. The van der Waals surface area contributed by atoms with Gasteiger partial charge in [-0.15, -0.1) is 0 Å². The fraction of sp³-hybridized carbons (Fsp3) is 0.100. The standard InChI is InChI=1S/C20H16N4O2S/c1-13-7-9-15(10-8-13)22-17(25)12-27-20-23-18(14-5-3-2-4-6-14)16(11-21)19(26)24-20/h2-10H,12H2,1H3,(H,22,25)(H,23,24,26). The summed E-state index contributed by atoms with van der Waals surface area (Å²) in [6, 6.07) is 18.4. The molecular weight excluding hydrogens is 360 g/mol. The topological polar surface area (TPSA) is 98.6 Å². The van der Waals surface area contributed by atoms with E-state index in [9.17, 15) is 14.9 Å². The number of amides is 1. The van der Waals surface area contributed by atoms with Crippen LogP contribution in [0.25, 0.3) is 11.3 Å². The van der Waals surface area contributed by atoms with Crippen LogP contribution >= 0.6 is 11.8 Å². The van der Waals surface area contributed by atoms with E-state index in [1.165, 1.54) is 0 Å². The molecule has 0 radical (unpaired) electrons. The molecule has 27 heavy (non-hydrogen) atoms. The van der Waals surface area contributed by atoms with Crippen LogP contribution in [-0.2, 0) is 4.79 Å². The van der Waals surface area contributed by atoms with Crippen molar-refractivity contribution < 1.29 is 4.79 Å². The molecule has 0 unspecified atom stereocenters. The van der Waals surface area contributed by atoms with Crippen LogP contribution in [0.15, 0.2) is 64.5 Å². The average Bonchev–Trinajstić information content (AvgIpc) is 2.68. The molecule has 3 aromatic rings. The van der Waals surface area contributed by atoms with Gasteiger partial charge in [-0.05, 0) is 19.1 Å². The van der Waals surface area contributed by atoms with Gasteiger partial charge in [0.25, 0.3) is 5.56 Å². The molecule has 0 atom stereocenters. The number of H-pyrrole nitrogens is 1. The normalized spacial score (nSPS) is 10.2. The van der Waals surface area contributed by atoms with Gasteiger partial charge in [0.2, 0.25) is 5.91 Å². The Bertz CT molecular complexity index is 1050. The molecular formula is C20H16N4O2S. The number of aromatic nitrogens is 2. The van der Waals surface area contributed by atoms with Crippen LogP contribution in [0.3, 0.4) is 0 Å². The molecule has 1 aromatic heterocycles. The number of nitrogens with one attached hydrogen (secondary N) is 2. The van der Waals surface area contributed by atoms with Crippen LogP contribution in [0, 0.1) is 18.3 Å². The molecule has 2 aromatic carbocycles. The molecule has 134 valence electrons. The molecule has 0 saturated heterocycles. The van der Waals surface area contributed by atoms with Gasteiger partial charge in [-0.25, -0.2) is 4.98 Å². The molecule has 3 rings (SSSR count). The van der Waals surface area contributed by atoms with Gasteiger partial charge in [0.1, 0.15) is 11.6 Å². The summed E-state index contributed by atoms with van der Waals surface area (Å²) >= 11 is 1.10. The lowest BCUT2D eigenvalue weighted by Gasteiger charge is -2.07. The predicted octanol–water partition coefficient (Wildman–Crippen LogP) is 3.35. The fourth-order valence-corrected chi connectivity index (χ4v) is 3.06. The minimum absolute atomic E-state index is 0.0466. The first-order chi connectivity index (χ1) is 13.1. The highest BCUT2D eigenvalue weighted by Gasteiger charge is 2.14. The van der Waals surface area contributed by atoms with Crippen LogP contribution in [-0.4, -0.2) is 21.6 Å². The Morgan fingerprint density at radius 3 is 2.56 bits per heavy atom. The van der Waals surface area contributed by atoms with Crippen LogP contribution in [0.5, 0.6) is 0 Å². The Hall–Kier alpha value is -3.37. The van der Waals surface area contributed by atoms with Crippen LogP contribution in [0.2, 0.25) is 0 Å². The maximum atomic E-state index is 12.2. The summed E-state index contributed by atoms with van der Waals surface area (Å²) in [5, 5.41) is 12.4. The van der Waals surface area contributed by atoms with Crippen molar-refractivity contribution in [2.75, 3.05) is 11.1 Å². The maximum absolute atomic E-state index is 12.2. The number of hydrogen-bond acceptors (Lipinski definition) is 5. The summed E-state index contributed by atoms with van der Waals surface area (Å²) in [5.41, 5.74) is 2.23. The molecule has 0 aliphatic carbocycles. The number of anilines is 1. The third kappa shape index (κ3) is 4.63. The molecule has 0 saturated carbocycles. The molecule has 0 bridgehead atoms. The van der Waals surface area contributed by atoms with E-state index in [2.05, 4.69) is 15.3 Å². The summed E-state index contributed by atoms with van der Waals surface area (Å²) in [6.07, 6.45) is 0. The van der Waals surface area contributed by atoms with Crippen LogP contribution in [0.4, 0.5) is 5.69 Å². The molecule has 2 N–H and O–H groups in total. The Kier molecular flexibility index (Phi) is 5.69. The number of carbonyl (C=O) groups excluding carboxylic acids is 1. The number of thioether (sulfide) groups is 1. The molecule has 0 fully saturated rings. The first-order valence-corrected chi connectivity index (χ1v) is 9.14. The molecule has 6 nitrogen and oxygen atoms in total. The number of hydrogen-bond donors (Lipinski definition) is 2. The highest BCUT2D eigenvalue weighted by molar-refractivity contribution is 7.99. The van der Waals surface area contributed by atoms with Crippen molar-refractivity contribution in [1.82, 2.24) is 9.97 Å². The second kappa shape index (κ2) is 8.34. The summed E-state index contributed by atoms with van der Waals surface area (Å²) in [6.45, 7) is 1.97. The smallest absolute Gasteiger partial charge is 0.270 e. The Morgan fingerprint density at radius 1 is 1.19 bits per heavy atom. The second-order valence-corrected chi connectivity index (χ2v) is 6.74. The largest absolute Gasteiger partial charge is 0.325 e. The minimum atomic E-state index is -0.521. The SMILES string of the molecule is Cc1ccc(NC(=O)CSc2nc(-c3ccccc3)c(C#N)c(=O)[nH]2)cc1. The highest BCUT2D eigenvalue weighted by atomic mass is 32.2. The van der Waals surface area contributed by atoms with Gasteiger partial charge in [0, 0.05) is 11.3 Å². The first-order valence-electron chi connectivity index (χ1n) is 8.16. The van der Waals surface area contributed by atoms with Gasteiger partial charge < -0.3 is 10.3 Å². The quantitative estimate of drug-likeness (QED) is 0.526. The predicted molar refractivity (Wildman–Crippen MR) is 106 cm³/mol. The highest BCUT2D eigenvalue weighted by Crippen LogP contribution is 2.21. The maximum Gasteiger partial charge on any atom is 0.270 e. The zero-order chi connectivity index (χ0) is 19.2. The minimum Gasteiger partial charge on any atom is -0.325 e. The number of aryl methyl sites for hydroxylation is 1. The number of nitriles is 1. The Balaban J connectivity index is 1.76. The zero-order valence-corrected chi connectivity index (χ0v) is 15.3. The molecule has 1 amide bonds. The molecule has 0 spiro atoms. The summed E-state index contributed by atoms with van der Waals surface area (Å²) < 4.78 is 0. The molecule has 1 heterocycles. The van der Waals surface area contributed by atoms with Crippen molar-refractivity contribution in [2.45, 2.75) is 12.1 Å². The number of aromatic amines is 1. The average molecular weight is 376 g/mol. The van der Waals surface area contributed by atoms with Gasteiger partial charge in [-0.1, -0.05) is 59.8 Å². The van der Waals surface area contributed by atoms with Crippen molar-refractivity contribution in [3.8, 4) is 17.3 Å². The van der Waals surface area contributed by atoms with Crippen LogP contribution in [0.1, 0.15) is 11.1 Å². The van der Waals surface area contributed by atoms with E-state index < -0.39 is 5.56 Å². The molecule has 0 aliphatic heterocycles. The van der Waals surface area contributed by atoms with E-state index >= 15 is 0 Å². The fourth-order valence-electron chi connectivity index (χ4n) is 2.40. The lowest BCUT2D eigenvalue weighted by Crippen LogP contribution is -2.17. The lowest BCUT2D eigenvalue weighted by molar-refractivity contribution is -0.113. The van der Waals surface area contributed by atoms with Gasteiger partial charge >= 0.3 is 0 Å². The molecule has 7 heteroatoms. The van der Waals surface area contributed by atoms with Crippen molar-refractivity contribution in [2.24, 2.45) is 0 Å². The number of rotatable bonds is 5. The first kappa shape index (κ1) is 18.4. The third-order valence-electron chi connectivity index (χ3n) is 3.73. The molecule has 0 aliphatic rings.